The number of amides is 2. The first-order valence-electron chi connectivity index (χ1n) is 11.3. The molecule has 4 rings (SSSR count). The fraction of sp³-hybridized carbons (Fsp3) is 0.480. The van der Waals surface area contributed by atoms with Crippen molar-refractivity contribution in [3.63, 3.8) is 0 Å². The molecule has 1 N–H and O–H groups in total. The molecule has 0 aromatic heterocycles. The van der Waals surface area contributed by atoms with Gasteiger partial charge >= 0.3 is 6.03 Å². The molecule has 0 bridgehead atoms. The first-order chi connectivity index (χ1) is 15.0. The molecule has 6 heteroatoms. The number of para-hydroxylation sites is 1. The van der Waals surface area contributed by atoms with Crippen LogP contribution in [0.5, 0.6) is 5.75 Å². The van der Waals surface area contributed by atoms with Gasteiger partial charge in [0.1, 0.15) is 17.7 Å². The highest BCUT2D eigenvalue weighted by molar-refractivity contribution is 5.74. The minimum absolute atomic E-state index is 0.0471. The maximum absolute atomic E-state index is 13.0. The van der Waals surface area contributed by atoms with E-state index in [1.54, 1.807) is 12.1 Å². The molecule has 2 amide bonds. The fourth-order valence-electron chi connectivity index (χ4n) is 4.76. The van der Waals surface area contributed by atoms with E-state index >= 15 is 0 Å². The maximum atomic E-state index is 13.0. The van der Waals surface area contributed by atoms with Crippen molar-refractivity contribution >= 4 is 6.03 Å². The fourth-order valence-corrected chi connectivity index (χ4v) is 4.76. The number of likely N-dealkylation sites (tertiary alicyclic amines) is 2. The van der Waals surface area contributed by atoms with Crippen molar-refractivity contribution in [1.82, 2.24) is 15.1 Å². The molecule has 0 unspecified atom stereocenters. The zero-order valence-electron chi connectivity index (χ0n) is 18.3. The predicted octanol–water partition coefficient (Wildman–Crippen LogP) is 4.29. The molecule has 166 valence electrons. The number of rotatable bonds is 6. The summed E-state index contributed by atoms with van der Waals surface area (Å²) < 4.78 is 19.3. The molecule has 2 aliphatic rings. The Morgan fingerprint density at radius 2 is 1.77 bits per heavy atom. The molecule has 2 saturated heterocycles. The lowest BCUT2D eigenvalue weighted by Crippen LogP contribution is -2.68. The number of nitrogens with one attached hydrogen (secondary N) is 1. The number of piperidine rings is 1. The summed E-state index contributed by atoms with van der Waals surface area (Å²) >= 11 is 0. The lowest BCUT2D eigenvalue weighted by molar-refractivity contribution is -0.0981. The predicted molar refractivity (Wildman–Crippen MR) is 119 cm³/mol. The Hall–Kier alpha value is -2.60. The summed E-state index contributed by atoms with van der Waals surface area (Å²) in [5.41, 5.74) is 0.896. The number of carbonyl (C=O) groups excluding carboxylic acids is 1. The lowest BCUT2D eigenvalue weighted by atomic mass is 9.79. The summed E-state index contributed by atoms with van der Waals surface area (Å²) in [4.78, 5) is 17.0. The second-order valence-corrected chi connectivity index (χ2v) is 8.86. The number of halogens is 1. The van der Waals surface area contributed by atoms with Crippen LogP contribution in [0.15, 0.2) is 54.6 Å². The summed E-state index contributed by atoms with van der Waals surface area (Å²) in [5, 5.41) is 2.96. The average Bonchev–Trinajstić information content (AvgIpc) is 2.76. The Morgan fingerprint density at radius 1 is 1.10 bits per heavy atom. The van der Waals surface area contributed by atoms with Gasteiger partial charge in [0.2, 0.25) is 0 Å². The van der Waals surface area contributed by atoms with E-state index in [2.05, 4.69) is 24.1 Å². The highest BCUT2D eigenvalue weighted by Gasteiger charge is 2.47. The second kappa shape index (κ2) is 9.69. The van der Waals surface area contributed by atoms with Crippen LogP contribution in [0, 0.1) is 11.7 Å². The van der Waals surface area contributed by atoms with Gasteiger partial charge in [-0.25, -0.2) is 9.18 Å². The topological polar surface area (TPSA) is 44.8 Å². The van der Waals surface area contributed by atoms with E-state index < -0.39 is 0 Å². The first-order valence-corrected chi connectivity index (χ1v) is 11.3. The van der Waals surface area contributed by atoms with Gasteiger partial charge in [-0.05, 0) is 62.4 Å². The van der Waals surface area contributed by atoms with Crippen LogP contribution in [0.25, 0.3) is 0 Å². The van der Waals surface area contributed by atoms with Crippen molar-refractivity contribution in [3.8, 4) is 5.75 Å². The van der Waals surface area contributed by atoms with Crippen LogP contribution < -0.4 is 10.1 Å². The van der Waals surface area contributed by atoms with Gasteiger partial charge in [0, 0.05) is 32.2 Å². The number of carbonyl (C=O) groups is 1. The minimum Gasteiger partial charge on any atom is -0.487 e. The van der Waals surface area contributed by atoms with Crippen molar-refractivity contribution < 1.29 is 13.9 Å². The molecule has 31 heavy (non-hydrogen) atoms. The smallest absolute Gasteiger partial charge is 0.317 e. The summed E-state index contributed by atoms with van der Waals surface area (Å²) in [5.74, 6) is 1.18. The van der Waals surface area contributed by atoms with Crippen LogP contribution in [-0.4, -0.2) is 53.7 Å². The van der Waals surface area contributed by atoms with Crippen LogP contribution in [-0.2, 0) is 6.54 Å². The number of urea groups is 1. The molecule has 0 spiro atoms. The third kappa shape index (κ3) is 5.18. The molecule has 2 aliphatic heterocycles. The lowest BCUT2D eigenvalue weighted by Gasteiger charge is -2.54. The van der Waals surface area contributed by atoms with Crippen molar-refractivity contribution in [2.75, 3.05) is 19.6 Å². The standard InChI is InChI=1S/C25H32FN3O2/c1-18(2)29-17-23(31-22-6-4-3-5-7-22)24(29)20-12-14-28(15-13-20)25(30)27-16-19-8-10-21(26)11-9-19/h3-11,18,20,23-24H,12-17H2,1-2H3,(H,27,30)/t23-,24-/m0/s1. The van der Waals surface area contributed by atoms with Gasteiger partial charge < -0.3 is 15.0 Å². The molecular weight excluding hydrogens is 393 g/mol. The van der Waals surface area contributed by atoms with Gasteiger partial charge in [-0.15, -0.1) is 0 Å². The van der Waals surface area contributed by atoms with Crippen molar-refractivity contribution in [2.24, 2.45) is 5.92 Å². The Morgan fingerprint density at radius 3 is 2.42 bits per heavy atom. The van der Waals surface area contributed by atoms with Gasteiger partial charge in [0.15, 0.2) is 0 Å². The molecule has 0 aliphatic carbocycles. The van der Waals surface area contributed by atoms with Crippen LogP contribution in [0.2, 0.25) is 0 Å². The van der Waals surface area contributed by atoms with Gasteiger partial charge in [0.25, 0.3) is 0 Å². The maximum Gasteiger partial charge on any atom is 0.317 e. The number of hydrogen-bond acceptors (Lipinski definition) is 3. The molecule has 0 saturated carbocycles. The van der Waals surface area contributed by atoms with E-state index in [0.717, 1.165) is 43.8 Å². The van der Waals surface area contributed by atoms with Crippen LogP contribution in [0.3, 0.4) is 0 Å². The van der Waals surface area contributed by atoms with Crippen molar-refractivity contribution in [1.29, 1.82) is 0 Å². The second-order valence-electron chi connectivity index (χ2n) is 8.86. The molecule has 0 radical (unpaired) electrons. The third-order valence-corrected chi connectivity index (χ3v) is 6.52. The Bertz CT molecular complexity index is 851. The quantitative estimate of drug-likeness (QED) is 0.751. The molecular formula is C25H32FN3O2. The van der Waals surface area contributed by atoms with Crippen LogP contribution in [0.1, 0.15) is 32.3 Å². The van der Waals surface area contributed by atoms with E-state index in [1.165, 1.54) is 12.1 Å². The Labute approximate surface area is 184 Å². The monoisotopic (exact) mass is 425 g/mol. The highest BCUT2D eigenvalue weighted by Crippen LogP contribution is 2.36. The first kappa shape index (κ1) is 21.6. The normalized spacial score (nSPS) is 22.3. The largest absolute Gasteiger partial charge is 0.487 e. The van der Waals surface area contributed by atoms with Crippen LogP contribution in [0.4, 0.5) is 9.18 Å². The van der Waals surface area contributed by atoms with Gasteiger partial charge in [0.05, 0.1) is 6.04 Å². The Balaban J connectivity index is 1.29. The van der Waals surface area contributed by atoms with E-state index in [1.807, 2.05) is 35.2 Å². The number of hydrogen-bond donors (Lipinski definition) is 1. The summed E-state index contributed by atoms with van der Waals surface area (Å²) in [6.45, 7) is 7.35. The summed E-state index contributed by atoms with van der Waals surface area (Å²) in [6.07, 6.45) is 2.16. The van der Waals surface area contributed by atoms with Crippen LogP contribution >= 0.6 is 0 Å². The molecule has 2 atom stereocenters. The van der Waals surface area contributed by atoms with Gasteiger partial charge in [-0.2, -0.15) is 0 Å². The number of benzene rings is 2. The van der Waals surface area contributed by atoms with Gasteiger partial charge in [-0.3, -0.25) is 4.90 Å². The summed E-state index contributed by atoms with van der Waals surface area (Å²) in [7, 11) is 0. The average molecular weight is 426 g/mol. The minimum atomic E-state index is -0.266. The SMILES string of the molecule is CC(C)N1C[C@H](Oc2ccccc2)[C@@H]1C1CCN(C(=O)NCc2ccc(F)cc2)CC1. The van der Waals surface area contributed by atoms with E-state index in [-0.39, 0.29) is 18.0 Å². The third-order valence-electron chi connectivity index (χ3n) is 6.52. The van der Waals surface area contributed by atoms with E-state index in [9.17, 15) is 9.18 Å². The van der Waals surface area contributed by atoms with Crippen molar-refractivity contribution in [3.05, 3.63) is 66.0 Å². The summed E-state index contributed by atoms with van der Waals surface area (Å²) in [6, 6.07) is 17.1. The molecule has 2 fully saturated rings. The molecule has 2 heterocycles. The number of ether oxygens (including phenoxy) is 1. The Kier molecular flexibility index (Phi) is 6.76. The molecule has 5 nitrogen and oxygen atoms in total. The van der Waals surface area contributed by atoms with E-state index in [4.69, 9.17) is 4.74 Å². The van der Waals surface area contributed by atoms with E-state index in [0.29, 0.717) is 24.5 Å². The van der Waals surface area contributed by atoms with Gasteiger partial charge in [-0.1, -0.05) is 30.3 Å². The highest BCUT2D eigenvalue weighted by atomic mass is 19.1. The molecule has 2 aromatic rings. The zero-order valence-corrected chi connectivity index (χ0v) is 18.3. The van der Waals surface area contributed by atoms with Crippen molar-refractivity contribution in [2.45, 2.75) is 51.4 Å². The molecule has 2 aromatic carbocycles. The number of nitrogens with zero attached hydrogens (tertiary/aromatic N) is 2. The zero-order chi connectivity index (χ0) is 21.8.